The second-order valence-corrected chi connectivity index (χ2v) is 7.01. The van der Waals surface area contributed by atoms with E-state index in [0.717, 1.165) is 0 Å². The van der Waals surface area contributed by atoms with Gasteiger partial charge in [-0.05, 0) is 12.5 Å². The van der Waals surface area contributed by atoms with Crippen molar-refractivity contribution in [2.45, 2.75) is 61.3 Å². The minimum absolute atomic E-state index is 0.0188. The summed E-state index contributed by atoms with van der Waals surface area (Å²) >= 11 is 0. The van der Waals surface area contributed by atoms with Crippen molar-refractivity contribution >= 4 is 5.97 Å². The second-order valence-electron chi connectivity index (χ2n) is 7.01. The van der Waals surface area contributed by atoms with E-state index in [1.54, 1.807) is 0 Å². The molecule has 0 bridgehead atoms. The molecule has 0 spiro atoms. The maximum absolute atomic E-state index is 13.9. The zero-order valence-corrected chi connectivity index (χ0v) is 16.0. The number of ether oxygens (including phenoxy) is 1. The van der Waals surface area contributed by atoms with Crippen LogP contribution in [0.1, 0.15) is 18.9 Å². The maximum Gasteiger partial charge on any atom is 0.460 e. The van der Waals surface area contributed by atoms with Crippen LogP contribution in [0.5, 0.6) is 0 Å². The molecule has 16 heteroatoms. The van der Waals surface area contributed by atoms with Crippen molar-refractivity contribution in [3.05, 3.63) is 35.9 Å². The topological polar surface area (TPSA) is 46.5 Å². The van der Waals surface area contributed by atoms with E-state index >= 15 is 0 Å². The van der Waals surface area contributed by atoms with Gasteiger partial charge in [-0.3, -0.25) is 0 Å². The van der Waals surface area contributed by atoms with Crippen LogP contribution in [0.15, 0.2) is 30.3 Å². The predicted molar refractivity (Wildman–Crippen MR) is 82.3 cm³/mol. The average molecular weight is 512 g/mol. The lowest BCUT2D eigenvalue weighted by atomic mass is 9.88. The summed E-state index contributed by atoms with van der Waals surface area (Å²) in [4.78, 5) is 11.7. The molecule has 1 atom stereocenters. The molecular formula is C17H13F13O3. The molecule has 1 rings (SSSR count). The van der Waals surface area contributed by atoms with Crippen molar-refractivity contribution in [3.63, 3.8) is 0 Å². The lowest BCUT2D eigenvalue weighted by Gasteiger charge is -2.40. The molecule has 0 aliphatic heterocycles. The quantitative estimate of drug-likeness (QED) is 0.346. The second kappa shape index (κ2) is 8.51. The van der Waals surface area contributed by atoms with Crippen LogP contribution in [0.2, 0.25) is 0 Å². The molecule has 1 aromatic carbocycles. The van der Waals surface area contributed by atoms with Crippen LogP contribution >= 0.6 is 0 Å². The van der Waals surface area contributed by atoms with Gasteiger partial charge in [-0.25, -0.2) is 4.79 Å². The predicted octanol–water partition coefficient (Wildman–Crippen LogP) is 5.61. The first-order valence-corrected chi connectivity index (χ1v) is 8.35. The van der Waals surface area contributed by atoms with E-state index in [0.29, 0.717) is 0 Å². The van der Waals surface area contributed by atoms with Crippen molar-refractivity contribution in [2.75, 3.05) is 0 Å². The number of hydrogen-bond donors (Lipinski definition) is 1. The minimum atomic E-state index is -8.06. The van der Waals surface area contributed by atoms with Crippen molar-refractivity contribution < 1.29 is 71.7 Å². The molecule has 1 N–H and O–H groups in total. The van der Waals surface area contributed by atoms with Gasteiger partial charge in [-0.2, -0.15) is 57.1 Å². The molecule has 0 aliphatic carbocycles. The summed E-state index contributed by atoms with van der Waals surface area (Å²) in [6, 6.07) is 6.88. The summed E-state index contributed by atoms with van der Waals surface area (Å²) in [7, 11) is 0. The Balaban J connectivity index is 3.21. The molecule has 3 nitrogen and oxygen atoms in total. The molecule has 0 fully saturated rings. The third-order valence-corrected chi connectivity index (χ3v) is 4.22. The van der Waals surface area contributed by atoms with Gasteiger partial charge in [0.2, 0.25) is 0 Å². The van der Waals surface area contributed by atoms with Crippen molar-refractivity contribution in [1.82, 2.24) is 0 Å². The number of halogens is 13. The molecule has 0 aromatic heterocycles. The van der Waals surface area contributed by atoms with Gasteiger partial charge in [0.1, 0.15) is 6.61 Å². The largest absolute Gasteiger partial charge is 0.460 e. The molecule has 0 saturated carbocycles. The molecule has 33 heavy (non-hydrogen) atoms. The van der Waals surface area contributed by atoms with Gasteiger partial charge in [-0.15, -0.1) is 0 Å². The van der Waals surface area contributed by atoms with Gasteiger partial charge >= 0.3 is 41.8 Å². The van der Waals surface area contributed by atoms with E-state index in [2.05, 4.69) is 4.74 Å². The lowest BCUT2D eigenvalue weighted by molar-refractivity contribution is -0.441. The van der Waals surface area contributed by atoms with Gasteiger partial charge in [0.25, 0.3) is 0 Å². The number of esters is 1. The standard InChI is InChI=1S/C17H13F13O3/c1-11(32,10(31)33-7-9-5-3-2-4-6-9)8-12(18,19)13(20,21)14(22,23)15(24,25)16(26,27)17(28,29)30/h2-6,32H,7-8H2,1H3. The lowest BCUT2D eigenvalue weighted by Crippen LogP contribution is -2.70. The Labute approximate surface area is 176 Å². The maximum atomic E-state index is 13.9. The summed E-state index contributed by atoms with van der Waals surface area (Å²) in [5, 5.41) is 9.67. The van der Waals surface area contributed by atoms with Gasteiger partial charge in [-0.1, -0.05) is 30.3 Å². The summed E-state index contributed by atoms with van der Waals surface area (Å²) in [5.41, 5.74) is -3.63. The molecule has 0 saturated heterocycles. The molecule has 0 amide bonds. The molecule has 190 valence electrons. The number of benzene rings is 1. The highest BCUT2D eigenvalue weighted by atomic mass is 19.4. The monoisotopic (exact) mass is 512 g/mol. The van der Waals surface area contributed by atoms with Crippen LogP contribution in [0.3, 0.4) is 0 Å². The van der Waals surface area contributed by atoms with Gasteiger partial charge in [0.05, 0.1) is 6.42 Å². The van der Waals surface area contributed by atoms with E-state index in [9.17, 15) is 67.0 Å². The van der Waals surface area contributed by atoms with E-state index < -0.39 is 60.4 Å². The van der Waals surface area contributed by atoms with Crippen LogP contribution < -0.4 is 0 Å². The Hall–Kier alpha value is -2.26. The Kier molecular flexibility index (Phi) is 7.42. The first-order valence-electron chi connectivity index (χ1n) is 8.35. The summed E-state index contributed by atoms with van der Waals surface area (Å²) in [5.74, 6) is -40.3. The van der Waals surface area contributed by atoms with E-state index in [-0.39, 0.29) is 12.5 Å². The van der Waals surface area contributed by atoms with E-state index in [1.165, 1.54) is 30.3 Å². The van der Waals surface area contributed by atoms with Crippen molar-refractivity contribution in [1.29, 1.82) is 0 Å². The van der Waals surface area contributed by atoms with Crippen molar-refractivity contribution in [3.8, 4) is 0 Å². The molecular weight excluding hydrogens is 499 g/mol. The number of rotatable bonds is 9. The van der Waals surface area contributed by atoms with E-state index in [1.807, 2.05) is 0 Å². The highest BCUT2D eigenvalue weighted by Crippen LogP contribution is 2.61. The molecule has 0 radical (unpaired) electrons. The van der Waals surface area contributed by atoms with Gasteiger partial charge < -0.3 is 9.84 Å². The molecule has 1 aromatic rings. The fourth-order valence-electron chi connectivity index (χ4n) is 2.30. The van der Waals surface area contributed by atoms with Crippen LogP contribution in [0.25, 0.3) is 0 Å². The number of aliphatic hydroxyl groups is 1. The Morgan fingerprint density at radius 2 is 1.18 bits per heavy atom. The number of carbonyl (C=O) groups is 1. The van der Waals surface area contributed by atoms with Crippen LogP contribution in [-0.2, 0) is 16.1 Å². The SMILES string of the molecule is CC(O)(CC(F)(F)C(F)(F)C(F)(F)C(F)(F)C(F)(F)C(F)(F)F)C(=O)OCc1ccccc1. The fourth-order valence-corrected chi connectivity index (χ4v) is 2.30. The van der Waals surface area contributed by atoms with Crippen LogP contribution in [0, 0.1) is 0 Å². The third kappa shape index (κ3) is 4.99. The number of alkyl halides is 13. The van der Waals surface area contributed by atoms with Gasteiger partial charge in [0, 0.05) is 0 Å². The molecule has 1 unspecified atom stereocenters. The first kappa shape index (κ1) is 28.8. The first-order chi connectivity index (χ1) is 14.5. The van der Waals surface area contributed by atoms with E-state index in [4.69, 9.17) is 0 Å². The van der Waals surface area contributed by atoms with Crippen molar-refractivity contribution in [2.24, 2.45) is 0 Å². The summed E-state index contributed by atoms with van der Waals surface area (Å²) in [6.07, 6.45) is -10.6. The fraction of sp³-hybridized carbons (Fsp3) is 0.588. The normalized spacial score (nSPS) is 16.3. The third-order valence-electron chi connectivity index (χ3n) is 4.22. The minimum Gasteiger partial charge on any atom is -0.459 e. The molecule has 0 aliphatic rings. The van der Waals surface area contributed by atoms with Crippen LogP contribution in [0.4, 0.5) is 57.1 Å². The zero-order valence-electron chi connectivity index (χ0n) is 16.0. The Morgan fingerprint density at radius 3 is 1.61 bits per heavy atom. The highest BCUT2D eigenvalue weighted by molar-refractivity contribution is 5.78. The average Bonchev–Trinajstić information content (AvgIpc) is 2.64. The molecule has 0 heterocycles. The highest BCUT2D eigenvalue weighted by Gasteiger charge is 2.90. The van der Waals surface area contributed by atoms with Gasteiger partial charge in [0.15, 0.2) is 5.60 Å². The summed E-state index contributed by atoms with van der Waals surface area (Å²) < 4.78 is 175. The van der Waals surface area contributed by atoms with Crippen LogP contribution in [-0.4, -0.2) is 52.5 Å². The zero-order chi connectivity index (χ0) is 26.3. The Bertz CT molecular complexity index is 832. The number of hydrogen-bond acceptors (Lipinski definition) is 3. The number of carbonyl (C=O) groups excluding carboxylic acids is 1. The Morgan fingerprint density at radius 1 is 0.758 bits per heavy atom. The summed E-state index contributed by atoms with van der Waals surface area (Å²) in [6.45, 7) is -0.741. The smallest absolute Gasteiger partial charge is 0.459 e.